The quantitative estimate of drug-likeness (QED) is 0.650. The van der Waals surface area contributed by atoms with E-state index in [9.17, 15) is 14.4 Å². The zero-order valence-corrected chi connectivity index (χ0v) is 11.0. The summed E-state index contributed by atoms with van der Waals surface area (Å²) in [5, 5.41) is 4.83. The molecular formula is C13H16N4O3. The minimum atomic E-state index is -0.779. The van der Waals surface area contributed by atoms with Crippen molar-refractivity contribution in [2.75, 3.05) is 11.4 Å². The highest BCUT2D eigenvalue weighted by Gasteiger charge is 2.39. The molecule has 1 unspecified atom stereocenters. The standard InChI is InChI=1S/C13H16N4O3/c1-8(15-13(14)20)11(18)16-10-7-17(12(10)19)9-5-3-2-4-6-9/h2-6,8,10H,7H2,1H3,(H,16,18)(H3,14,15,20)/t8-,10?/m0/s1. The number of nitrogens with one attached hydrogen (secondary N) is 2. The van der Waals surface area contributed by atoms with Gasteiger partial charge < -0.3 is 21.3 Å². The number of benzene rings is 1. The predicted molar refractivity (Wildman–Crippen MR) is 72.9 cm³/mol. The number of anilines is 1. The molecule has 1 aromatic carbocycles. The number of hydrogen-bond donors (Lipinski definition) is 3. The molecule has 7 nitrogen and oxygen atoms in total. The topological polar surface area (TPSA) is 105 Å². The maximum Gasteiger partial charge on any atom is 0.312 e. The van der Waals surface area contributed by atoms with Crippen LogP contribution in [0.25, 0.3) is 0 Å². The molecule has 4 N–H and O–H groups in total. The summed E-state index contributed by atoms with van der Waals surface area (Å²) in [5.41, 5.74) is 5.73. The van der Waals surface area contributed by atoms with Crippen molar-refractivity contribution in [3.8, 4) is 0 Å². The van der Waals surface area contributed by atoms with Crippen molar-refractivity contribution in [2.24, 2.45) is 5.73 Å². The van der Waals surface area contributed by atoms with E-state index in [2.05, 4.69) is 10.6 Å². The second-order valence-electron chi connectivity index (χ2n) is 4.58. The van der Waals surface area contributed by atoms with E-state index in [1.54, 1.807) is 4.90 Å². The second-order valence-corrected chi connectivity index (χ2v) is 4.58. The van der Waals surface area contributed by atoms with Gasteiger partial charge in [-0.15, -0.1) is 0 Å². The average Bonchev–Trinajstić information content (AvgIpc) is 2.42. The molecule has 0 radical (unpaired) electrons. The van der Waals surface area contributed by atoms with Gasteiger partial charge in [-0.3, -0.25) is 9.59 Å². The number of primary amides is 1. The van der Waals surface area contributed by atoms with Gasteiger partial charge in [0, 0.05) is 5.69 Å². The monoisotopic (exact) mass is 276 g/mol. The van der Waals surface area contributed by atoms with E-state index in [1.807, 2.05) is 30.3 Å². The maximum absolute atomic E-state index is 11.9. The van der Waals surface area contributed by atoms with E-state index in [-0.39, 0.29) is 5.91 Å². The van der Waals surface area contributed by atoms with Crippen LogP contribution in [-0.2, 0) is 9.59 Å². The van der Waals surface area contributed by atoms with E-state index in [0.717, 1.165) is 5.69 Å². The number of para-hydroxylation sites is 1. The van der Waals surface area contributed by atoms with Crippen molar-refractivity contribution in [2.45, 2.75) is 19.0 Å². The molecule has 20 heavy (non-hydrogen) atoms. The van der Waals surface area contributed by atoms with Gasteiger partial charge in [0.1, 0.15) is 12.1 Å². The van der Waals surface area contributed by atoms with Crippen LogP contribution in [-0.4, -0.2) is 36.5 Å². The van der Waals surface area contributed by atoms with Gasteiger partial charge in [0.2, 0.25) is 5.91 Å². The number of carbonyl (C=O) groups excluding carboxylic acids is 3. The number of hydrogen-bond acceptors (Lipinski definition) is 3. The van der Waals surface area contributed by atoms with Gasteiger partial charge in [0.05, 0.1) is 6.54 Å². The summed E-state index contributed by atoms with van der Waals surface area (Å²) in [6.45, 7) is 1.91. The lowest BCUT2D eigenvalue weighted by atomic mass is 10.1. The third-order valence-electron chi connectivity index (χ3n) is 3.07. The first-order chi connectivity index (χ1) is 9.49. The Kier molecular flexibility index (Phi) is 3.88. The summed E-state index contributed by atoms with van der Waals surface area (Å²) < 4.78 is 0. The number of amides is 4. The van der Waals surface area contributed by atoms with Gasteiger partial charge in [-0.1, -0.05) is 18.2 Å². The van der Waals surface area contributed by atoms with E-state index in [0.29, 0.717) is 6.54 Å². The number of urea groups is 1. The molecule has 1 heterocycles. The average molecular weight is 276 g/mol. The Hall–Kier alpha value is -2.57. The normalized spacial score (nSPS) is 18.9. The van der Waals surface area contributed by atoms with Crippen LogP contribution in [0.1, 0.15) is 6.92 Å². The summed E-state index contributed by atoms with van der Waals surface area (Å²) in [6.07, 6.45) is 0. The molecule has 4 amide bonds. The molecule has 1 aliphatic heterocycles. The van der Waals surface area contributed by atoms with Gasteiger partial charge in [-0.2, -0.15) is 0 Å². The van der Waals surface area contributed by atoms with Crippen LogP contribution in [0.5, 0.6) is 0 Å². The number of β-lactam (4-membered cyclic amide) rings is 1. The first-order valence-electron chi connectivity index (χ1n) is 6.22. The summed E-state index contributed by atoms with van der Waals surface area (Å²) >= 11 is 0. The van der Waals surface area contributed by atoms with Gasteiger partial charge in [0.25, 0.3) is 5.91 Å². The maximum atomic E-state index is 11.9. The largest absolute Gasteiger partial charge is 0.352 e. The van der Waals surface area contributed by atoms with E-state index >= 15 is 0 Å². The van der Waals surface area contributed by atoms with Crippen LogP contribution in [0.15, 0.2) is 30.3 Å². The van der Waals surface area contributed by atoms with E-state index < -0.39 is 24.0 Å². The van der Waals surface area contributed by atoms with E-state index in [1.165, 1.54) is 6.92 Å². The number of nitrogens with zero attached hydrogens (tertiary/aromatic N) is 1. The first-order valence-corrected chi connectivity index (χ1v) is 6.22. The van der Waals surface area contributed by atoms with Gasteiger partial charge in [-0.25, -0.2) is 4.79 Å². The zero-order chi connectivity index (χ0) is 14.7. The molecule has 1 fully saturated rings. The van der Waals surface area contributed by atoms with Crippen LogP contribution in [0.2, 0.25) is 0 Å². The smallest absolute Gasteiger partial charge is 0.312 e. The summed E-state index contributed by atoms with van der Waals surface area (Å²) in [7, 11) is 0. The molecule has 2 rings (SSSR count). The van der Waals surface area contributed by atoms with Crippen LogP contribution >= 0.6 is 0 Å². The van der Waals surface area contributed by atoms with Crippen LogP contribution in [0.3, 0.4) is 0 Å². The highest BCUT2D eigenvalue weighted by molar-refractivity contribution is 6.06. The van der Waals surface area contributed by atoms with E-state index in [4.69, 9.17) is 5.73 Å². The highest BCUT2D eigenvalue weighted by Crippen LogP contribution is 2.21. The predicted octanol–water partition coefficient (Wildman–Crippen LogP) is -0.425. The molecule has 7 heteroatoms. The molecule has 1 saturated heterocycles. The Bertz CT molecular complexity index is 532. The second kappa shape index (κ2) is 5.60. The fraction of sp³-hybridized carbons (Fsp3) is 0.308. The number of nitrogens with two attached hydrogens (primary N) is 1. The van der Waals surface area contributed by atoms with Gasteiger partial charge in [-0.05, 0) is 19.1 Å². The van der Waals surface area contributed by atoms with Crippen molar-refractivity contribution in [3.63, 3.8) is 0 Å². The lowest BCUT2D eigenvalue weighted by molar-refractivity contribution is -0.131. The molecule has 0 aromatic heterocycles. The summed E-state index contributed by atoms with van der Waals surface area (Å²) in [4.78, 5) is 35.9. The molecule has 0 spiro atoms. The van der Waals surface area contributed by atoms with Crippen molar-refractivity contribution in [3.05, 3.63) is 30.3 Å². The molecule has 1 aromatic rings. The van der Waals surface area contributed by atoms with Crippen LogP contribution in [0, 0.1) is 0 Å². The van der Waals surface area contributed by atoms with Crippen LogP contribution < -0.4 is 21.3 Å². The molecule has 0 aliphatic carbocycles. The lowest BCUT2D eigenvalue weighted by Gasteiger charge is -2.39. The fourth-order valence-electron chi connectivity index (χ4n) is 1.95. The first kappa shape index (κ1) is 13.9. The summed E-state index contributed by atoms with van der Waals surface area (Å²) in [6, 6.07) is 7.09. The Balaban J connectivity index is 1.87. The Labute approximate surface area is 116 Å². The Morgan fingerprint density at radius 1 is 1.35 bits per heavy atom. The third-order valence-corrected chi connectivity index (χ3v) is 3.07. The molecule has 1 aliphatic rings. The number of carbonyl (C=O) groups is 3. The third kappa shape index (κ3) is 2.87. The van der Waals surface area contributed by atoms with Crippen molar-refractivity contribution < 1.29 is 14.4 Å². The Morgan fingerprint density at radius 3 is 2.55 bits per heavy atom. The molecule has 2 atom stereocenters. The zero-order valence-electron chi connectivity index (χ0n) is 11.0. The van der Waals surface area contributed by atoms with Crippen LogP contribution in [0.4, 0.5) is 10.5 Å². The molecule has 0 bridgehead atoms. The highest BCUT2D eigenvalue weighted by atomic mass is 16.2. The molecule has 0 saturated carbocycles. The van der Waals surface area contributed by atoms with Crippen molar-refractivity contribution in [1.29, 1.82) is 0 Å². The minimum absolute atomic E-state index is 0.171. The minimum Gasteiger partial charge on any atom is -0.352 e. The fourth-order valence-corrected chi connectivity index (χ4v) is 1.95. The molecule has 106 valence electrons. The van der Waals surface area contributed by atoms with Gasteiger partial charge >= 0.3 is 6.03 Å². The molecular weight excluding hydrogens is 260 g/mol. The van der Waals surface area contributed by atoms with Crippen molar-refractivity contribution in [1.82, 2.24) is 10.6 Å². The van der Waals surface area contributed by atoms with Gasteiger partial charge in [0.15, 0.2) is 0 Å². The Morgan fingerprint density at radius 2 is 2.00 bits per heavy atom. The number of rotatable bonds is 4. The lowest BCUT2D eigenvalue weighted by Crippen LogP contribution is -2.66. The SMILES string of the molecule is C[C@H](NC(N)=O)C(=O)NC1CN(c2ccccc2)C1=O. The summed E-state index contributed by atoms with van der Waals surface area (Å²) in [5.74, 6) is -0.606. The van der Waals surface area contributed by atoms with Crippen molar-refractivity contribution >= 4 is 23.5 Å².